The number of likely N-dealkylation sites (tertiary alicyclic amines) is 1. The highest BCUT2D eigenvalue weighted by molar-refractivity contribution is 7.09. The number of hydrogen-bond donors (Lipinski definition) is 0. The standard InChI is InChI=1S/C23H28N6S/c1-16(2)29-15-24-23-21(29)11-20(26-22(23)18-12-25-27(3)13-18)17-6-8-28(9-7-17)14-19-5-4-10-30-19/h4-5,10-13,15-17H,6-9,14H2,1-3H3. The molecule has 1 aliphatic heterocycles. The third-order valence-corrected chi connectivity index (χ3v) is 6.94. The second-order valence-corrected chi connectivity index (χ2v) is 9.57. The highest BCUT2D eigenvalue weighted by Gasteiger charge is 2.24. The van der Waals surface area contributed by atoms with Crippen molar-refractivity contribution in [2.24, 2.45) is 7.05 Å². The molecule has 30 heavy (non-hydrogen) atoms. The molecule has 0 saturated carbocycles. The van der Waals surface area contributed by atoms with E-state index in [9.17, 15) is 0 Å². The largest absolute Gasteiger partial charge is 0.328 e. The number of aryl methyl sites for hydroxylation is 1. The van der Waals surface area contributed by atoms with Gasteiger partial charge in [0.15, 0.2) is 0 Å². The highest BCUT2D eigenvalue weighted by atomic mass is 32.1. The lowest BCUT2D eigenvalue weighted by Gasteiger charge is -2.31. The summed E-state index contributed by atoms with van der Waals surface area (Å²) in [5.41, 5.74) is 5.33. The summed E-state index contributed by atoms with van der Waals surface area (Å²) in [7, 11) is 1.95. The summed E-state index contributed by atoms with van der Waals surface area (Å²) in [5, 5.41) is 6.53. The highest BCUT2D eigenvalue weighted by Crippen LogP contribution is 2.34. The molecule has 0 bridgehead atoms. The number of rotatable bonds is 5. The van der Waals surface area contributed by atoms with Gasteiger partial charge in [-0.3, -0.25) is 9.58 Å². The molecule has 1 saturated heterocycles. The number of hydrogen-bond acceptors (Lipinski definition) is 5. The molecule has 4 aromatic heterocycles. The lowest BCUT2D eigenvalue weighted by molar-refractivity contribution is 0.205. The van der Waals surface area contributed by atoms with Crippen LogP contribution in [-0.4, -0.2) is 42.3 Å². The van der Waals surface area contributed by atoms with Crippen LogP contribution in [0.5, 0.6) is 0 Å². The second-order valence-electron chi connectivity index (χ2n) is 8.54. The third-order valence-electron chi connectivity index (χ3n) is 6.08. The smallest absolute Gasteiger partial charge is 0.115 e. The zero-order chi connectivity index (χ0) is 20.7. The van der Waals surface area contributed by atoms with E-state index in [-0.39, 0.29) is 0 Å². The first-order chi connectivity index (χ1) is 14.6. The van der Waals surface area contributed by atoms with Crippen molar-refractivity contribution in [1.82, 2.24) is 29.2 Å². The molecule has 5 heterocycles. The average Bonchev–Trinajstić information content (AvgIpc) is 3.48. The molecule has 7 heteroatoms. The SMILES string of the molecule is CC(C)n1cnc2c(-c3cnn(C)c3)nc(C3CCN(Cc4cccs4)CC3)cc21. The minimum absolute atomic E-state index is 0.361. The van der Waals surface area contributed by atoms with Crippen molar-refractivity contribution < 1.29 is 0 Å². The summed E-state index contributed by atoms with van der Waals surface area (Å²) in [6, 6.07) is 7.02. The average molecular weight is 421 g/mol. The predicted octanol–water partition coefficient (Wildman–Crippen LogP) is 4.85. The van der Waals surface area contributed by atoms with Crippen molar-refractivity contribution in [3.8, 4) is 11.3 Å². The molecule has 4 aromatic rings. The topological polar surface area (TPSA) is 51.8 Å². The molecule has 1 fully saturated rings. The number of piperidine rings is 1. The molecule has 5 rings (SSSR count). The first-order valence-corrected chi connectivity index (χ1v) is 11.6. The second kappa shape index (κ2) is 7.96. The molecule has 0 amide bonds. The summed E-state index contributed by atoms with van der Waals surface area (Å²) in [6.45, 7) is 7.71. The predicted molar refractivity (Wildman–Crippen MR) is 122 cm³/mol. The molecule has 0 unspecified atom stereocenters. The van der Waals surface area contributed by atoms with Crippen molar-refractivity contribution in [3.63, 3.8) is 0 Å². The van der Waals surface area contributed by atoms with Crippen LogP contribution in [0.15, 0.2) is 42.3 Å². The quantitative estimate of drug-likeness (QED) is 0.463. The molecule has 0 aromatic carbocycles. The Kier molecular flexibility index (Phi) is 5.16. The fraction of sp³-hybridized carbons (Fsp3) is 0.435. The van der Waals surface area contributed by atoms with Gasteiger partial charge in [0.25, 0.3) is 0 Å². The lowest BCUT2D eigenvalue weighted by Crippen LogP contribution is -2.32. The Balaban J connectivity index is 1.46. The molecule has 0 spiro atoms. The fourth-order valence-electron chi connectivity index (χ4n) is 4.43. The molecule has 156 valence electrons. The monoisotopic (exact) mass is 420 g/mol. The molecular weight excluding hydrogens is 392 g/mol. The number of fused-ring (bicyclic) bond motifs is 1. The van der Waals surface area contributed by atoms with Gasteiger partial charge < -0.3 is 4.57 Å². The zero-order valence-corrected chi connectivity index (χ0v) is 18.6. The van der Waals surface area contributed by atoms with Crippen molar-refractivity contribution in [3.05, 3.63) is 52.9 Å². The summed E-state index contributed by atoms with van der Waals surface area (Å²) in [5.74, 6) is 0.486. The van der Waals surface area contributed by atoms with Gasteiger partial charge in [-0.05, 0) is 57.3 Å². The summed E-state index contributed by atoms with van der Waals surface area (Å²) >= 11 is 1.85. The van der Waals surface area contributed by atoms with E-state index in [1.165, 1.54) is 16.1 Å². The van der Waals surface area contributed by atoms with Crippen molar-refractivity contribution >= 4 is 22.4 Å². The molecule has 0 aliphatic carbocycles. The normalized spacial score (nSPS) is 16.1. The molecule has 0 atom stereocenters. The Morgan fingerprint density at radius 3 is 2.73 bits per heavy atom. The first-order valence-electron chi connectivity index (χ1n) is 10.7. The van der Waals surface area contributed by atoms with E-state index in [1.54, 1.807) is 0 Å². The van der Waals surface area contributed by atoms with E-state index in [1.807, 2.05) is 41.8 Å². The van der Waals surface area contributed by atoms with Gasteiger partial charge in [-0.25, -0.2) is 9.97 Å². The number of pyridine rings is 1. The van der Waals surface area contributed by atoms with E-state index >= 15 is 0 Å². The van der Waals surface area contributed by atoms with E-state index in [2.05, 4.69) is 52.0 Å². The molecular formula is C23H28N6S. The Hall–Kier alpha value is -2.51. The van der Waals surface area contributed by atoms with Gasteiger partial charge in [0, 0.05) is 47.9 Å². The van der Waals surface area contributed by atoms with Crippen LogP contribution >= 0.6 is 11.3 Å². The Morgan fingerprint density at radius 2 is 2.07 bits per heavy atom. The summed E-state index contributed by atoms with van der Waals surface area (Å²) in [6.07, 6.45) is 8.16. The van der Waals surface area contributed by atoms with Crippen molar-refractivity contribution in [2.75, 3.05) is 13.1 Å². The fourth-order valence-corrected chi connectivity index (χ4v) is 5.17. The van der Waals surface area contributed by atoms with Gasteiger partial charge >= 0.3 is 0 Å². The van der Waals surface area contributed by atoms with Crippen molar-refractivity contribution in [1.29, 1.82) is 0 Å². The molecule has 6 nitrogen and oxygen atoms in total. The molecule has 0 radical (unpaired) electrons. The first kappa shape index (κ1) is 19.5. The van der Waals surface area contributed by atoms with Crippen LogP contribution in [0.4, 0.5) is 0 Å². The van der Waals surface area contributed by atoms with Crippen LogP contribution in [0.2, 0.25) is 0 Å². The van der Waals surface area contributed by atoms with E-state index in [4.69, 9.17) is 9.97 Å². The Labute approximate surface area is 181 Å². The third kappa shape index (κ3) is 3.68. The molecule has 0 N–H and O–H groups in total. The molecule has 1 aliphatic rings. The maximum atomic E-state index is 5.14. The van der Waals surface area contributed by atoms with Gasteiger partial charge in [0.2, 0.25) is 0 Å². The summed E-state index contributed by atoms with van der Waals surface area (Å²) < 4.78 is 4.09. The van der Waals surface area contributed by atoms with Gasteiger partial charge in [-0.1, -0.05) is 6.07 Å². The Bertz CT molecular complexity index is 1130. The lowest BCUT2D eigenvalue weighted by atomic mass is 9.92. The number of nitrogens with zero attached hydrogens (tertiary/aromatic N) is 6. The summed E-state index contributed by atoms with van der Waals surface area (Å²) in [4.78, 5) is 13.9. The van der Waals surface area contributed by atoms with Crippen LogP contribution in [0, 0.1) is 0 Å². The van der Waals surface area contributed by atoms with Crippen LogP contribution in [0.3, 0.4) is 0 Å². The van der Waals surface area contributed by atoms with Gasteiger partial charge in [0.1, 0.15) is 11.2 Å². The minimum atomic E-state index is 0.361. The van der Waals surface area contributed by atoms with Crippen LogP contribution in [-0.2, 0) is 13.6 Å². The van der Waals surface area contributed by atoms with Gasteiger partial charge in [-0.15, -0.1) is 11.3 Å². The zero-order valence-electron chi connectivity index (χ0n) is 17.8. The number of imidazole rings is 1. The van der Waals surface area contributed by atoms with Gasteiger partial charge in [-0.2, -0.15) is 5.10 Å². The maximum absolute atomic E-state index is 5.14. The van der Waals surface area contributed by atoms with E-state index in [0.29, 0.717) is 12.0 Å². The maximum Gasteiger partial charge on any atom is 0.115 e. The minimum Gasteiger partial charge on any atom is -0.328 e. The van der Waals surface area contributed by atoms with Crippen LogP contribution in [0.1, 0.15) is 49.2 Å². The number of aromatic nitrogens is 5. The number of thiophene rings is 1. The van der Waals surface area contributed by atoms with Crippen LogP contribution < -0.4 is 0 Å². The van der Waals surface area contributed by atoms with E-state index in [0.717, 1.165) is 49.2 Å². The van der Waals surface area contributed by atoms with Crippen molar-refractivity contribution in [2.45, 2.75) is 45.2 Å². The van der Waals surface area contributed by atoms with E-state index < -0.39 is 0 Å². The van der Waals surface area contributed by atoms with Crippen LogP contribution in [0.25, 0.3) is 22.3 Å². The Morgan fingerprint density at radius 1 is 1.23 bits per heavy atom. The van der Waals surface area contributed by atoms with Gasteiger partial charge in [0.05, 0.1) is 18.0 Å².